The maximum atomic E-state index is 12.5. The average Bonchev–Trinajstić information content (AvgIpc) is 3.28. The molecule has 1 aliphatic rings. The normalized spacial score (nSPS) is 14.5. The minimum atomic E-state index is -3.39. The van der Waals surface area contributed by atoms with Gasteiger partial charge in [0.15, 0.2) is 0 Å². The molecule has 1 aromatic heterocycles. The predicted molar refractivity (Wildman–Crippen MR) is 133 cm³/mol. The highest BCUT2D eigenvalue weighted by Gasteiger charge is 2.30. The molecule has 2 heterocycles. The van der Waals surface area contributed by atoms with Crippen molar-refractivity contribution in [3.63, 3.8) is 0 Å². The fourth-order valence-electron chi connectivity index (χ4n) is 3.43. The van der Waals surface area contributed by atoms with Crippen molar-refractivity contribution in [3.8, 4) is 0 Å². The molecule has 1 aromatic carbocycles. The Morgan fingerprint density at radius 1 is 1.09 bits per heavy atom. The molecule has 0 spiro atoms. The van der Waals surface area contributed by atoms with Crippen LogP contribution in [-0.4, -0.2) is 56.1 Å². The van der Waals surface area contributed by atoms with Gasteiger partial charge in [0.25, 0.3) is 10.0 Å². The first kappa shape index (κ1) is 27.0. The van der Waals surface area contributed by atoms with E-state index < -0.39 is 10.0 Å². The van der Waals surface area contributed by atoms with E-state index in [2.05, 4.69) is 38.2 Å². The number of sulfonamides is 1. The zero-order valence-electron chi connectivity index (χ0n) is 19.9. The second-order valence-corrected chi connectivity index (χ2v) is 11.6. The van der Waals surface area contributed by atoms with E-state index in [1.54, 1.807) is 11.0 Å². The lowest BCUT2D eigenvalue weighted by Gasteiger charge is -2.33. The quantitative estimate of drug-likeness (QED) is 0.569. The standard InChI is InChI=1S/C13H20N2O3S2.C11H15NO/c1-3-4-12-5-6-13(19-12)20(17,18)15-9-7-14(8-10-15)11(2)16;1-9(2)11-5-3-10(4-6-11)7-12-8-13/h5-6H,3-4,7-10H2,1-2H3;3-6,8-9H,7H2,1-2H3,(H,12,13). The maximum absolute atomic E-state index is 12.5. The first-order valence-electron chi connectivity index (χ1n) is 11.3. The van der Waals surface area contributed by atoms with Crippen molar-refractivity contribution in [1.29, 1.82) is 0 Å². The summed E-state index contributed by atoms with van der Waals surface area (Å²) in [7, 11) is -3.39. The van der Waals surface area contributed by atoms with E-state index in [0.29, 0.717) is 42.9 Å². The van der Waals surface area contributed by atoms with Gasteiger partial charge in [-0.25, -0.2) is 8.42 Å². The number of thiophene rings is 1. The van der Waals surface area contributed by atoms with Crippen LogP contribution in [0.1, 0.15) is 56.0 Å². The summed E-state index contributed by atoms with van der Waals surface area (Å²) in [6, 6.07) is 11.9. The summed E-state index contributed by atoms with van der Waals surface area (Å²) in [5.41, 5.74) is 2.46. The van der Waals surface area contributed by atoms with E-state index in [4.69, 9.17) is 0 Å². The number of carbonyl (C=O) groups is 2. The Balaban J connectivity index is 0.000000257. The van der Waals surface area contributed by atoms with Crippen molar-refractivity contribution in [2.75, 3.05) is 26.2 Å². The van der Waals surface area contributed by atoms with Gasteiger partial charge in [0.1, 0.15) is 4.21 Å². The third-order valence-corrected chi connectivity index (χ3v) is 8.96. The monoisotopic (exact) mass is 493 g/mol. The number of carbonyl (C=O) groups excluding carboxylic acids is 2. The van der Waals surface area contributed by atoms with Gasteiger partial charge >= 0.3 is 0 Å². The summed E-state index contributed by atoms with van der Waals surface area (Å²) < 4.78 is 26.9. The lowest BCUT2D eigenvalue weighted by atomic mass is 10.0. The van der Waals surface area contributed by atoms with Crippen LogP contribution in [0.3, 0.4) is 0 Å². The minimum Gasteiger partial charge on any atom is -0.355 e. The molecule has 0 aliphatic carbocycles. The second kappa shape index (κ2) is 12.9. The van der Waals surface area contributed by atoms with Crippen LogP contribution in [0.25, 0.3) is 0 Å². The van der Waals surface area contributed by atoms with Crippen LogP contribution in [0.15, 0.2) is 40.6 Å². The van der Waals surface area contributed by atoms with Crippen molar-refractivity contribution < 1.29 is 18.0 Å². The topological polar surface area (TPSA) is 86.8 Å². The molecule has 1 saturated heterocycles. The number of hydrogen-bond donors (Lipinski definition) is 1. The average molecular weight is 494 g/mol. The summed E-state index contributed by atoms with van der Waals surface area (Å²) in [4.78, 5) is 24.1. The van der Waals surface area contributed by atoms with Crippen molar-refractivity contribution in [2.45, 2.75) is 57.2 Å². The number of hydrogen-bond acceptors (Lipinski definition) is 5. The Morgan fingerprint density at radius 2 is 1.73 bits per heavy atom. The molecule has 1 N–H and O–H groups in total. The maximum Gasteiger partial charge on any atom is 0.252 e. The molecule has 7 nitrogen and oxygen atoms in total. The van der Waals surface area contributed by atoms with Crippen molar-refractivity contribution >= 4 is 33.7 Å². The van der Waals surface area contributed by atoms with Gasteiger partial charge in [-0.05, 0) is 35.6 Å². The minimum absolute atomic E-state index is 0.00315. The van der Waals surface area contributed by atoms with E-state index in [1.807, 2.05) is 18.2 Å². The molecule has 0 atom stereocenters. The molecule has 3 rings (SSSR count). The van der Waals surface area contributed by atoms with E-state index in [1.165, 1.54) is 28.1 Å². The molecule has 0 radical (unpaired) electrons. The summed E-state index contributed by atoms with van der Waals surface area (Å²) >= 11 is 1.35. The van der Waals surface area contributed by atoms with Crippen molar-refractivity contribution in [1.82, 2.24) is 14.5 Å². The first-order valence-corrected chi connectivity index (χ1v) is 13.5. The number of rotatable bonds is 8. The molecule has 1 aliphatic heterocycles. The molecule has 2 aromatic rings. The van der Waals surface area contributed by atoms with Crippen LogP contribution in [0.4, 0.5) is 0 Å². The molecule has 0 saturated carbocycles. The van der Waals surface area contributed by atoms with Crippen LogP contribution in [0.2, 0.25) is 0 Å². The molecular weight excluding hydrogens is 458 g/mol. The molecular formula is C24H35N3O4S2. The lowest BCUT2D eigenvalue weighted by molar-refractivity contribution is -0.130. The molecule has 9 heteroatoms. The summed E-state index contributed by atoms with van der Waals surface area (Å²) in [6.45, 7) is 10.2. The van der Waals surface area contributed by atoms with Gasteiger partial charge in [-0.3, -0.25) is 9.59 Å². The Labute approximate surface area is 201 Å². The van der Waals surface area contributed by atoms with Crippen LogP contribution in [-0.2, 0) is 32.6 Å². The second-order valence-electron chi connectivity index (χ2n) is 8.28. The molecule has 182 valence electrons. The molecule has 1 fully saturated rings. The lowest BCUT2D eigenvalue weighted by Crippen LogP contribution is -2.49. The Kier molecular flexibility index (Phi) is 10.5. The van der Waals surface area contributed by atoms with E-state index in [-0.39, 0.29) is 5.91 Å². The Hall–Kier alpha value is -2.23. The molecule has 0 bridgehead atoms. The molecule has 0 unspecified atom stereocenters. The van der Waals surface area contributed by atoms with Crippen molar-refractivity contribution in [2.24, 2.45) is 0 Å². The zero-order valence-corrected chi connectivity index (χ0v) is 21.5. The van der Waals surface area contributed by atoms with E-state index >= 15 is 0 Å². The highest BCUT2D eigenvalue weighted by atomic mass is 32.2. The van der Waals surface area contributed by atoms with Gasteiger partial charge in [-0.1, -0.05) is 51.5 Å². The number of benzene rings is 1. The van der Waals surface area contributed by atoms with Gasteiger partial charge in [0.2, 0.25) is 12.3 Å². The number of nitrogens with one attached hydrogen (secondary N) is 1. The Bertz CT molecular complexity index is 993. The smallest absolute Gasteiger partial charge is 0.252 e. The third kappa shape index (κ3) is 7.94. The number of nitrogens with zero attached hydrogens (tertiary/aromatic N) is 2. The van der Waals surface area contributed by atoms with Gasteiger partial charge in [0.05, 0.1) is 0 Å². The van der Waals surface area contributed by atoms with Crippen LogP contribution in [0.5, 0.6) is 0 Å². The van der Waals surface area contributed by atoms with Crippen LogP contribution < -0.4 is 5.32 Å². The number of aryl methyl sites for hydroxylation is 1. The molecule has 2 amide bonds. The van der Waals surface area contributed by atoms with E-state index in [0.717, 1.165) is 29.7 Å². The predicted octanol–water partition coefficient (Wildman–Crippen LogP) is 3.61. The fourth-order valence-corrected chi connectivity index (χ4v) is 6.46. The summed E-state index contributed by atoms with van der Waals surface area (Å²) in [6.07, 6.45) is 2.64. The van der Waals surface area contributed by atoms with Gasteiger partial charge in [0, 0.05) is 44.5 Å². The van der Waals surface area contributed by atoms with Crippen LogP contribution >= 0.6 is 11.3 Å². The summed E-state index contributed by atoms with van der Waals surface area (Å²) in [5.74, 6) is 0.566. The highest BCUT2D eigenvalue weighted by molar-refractivity contribution is 7.91. The number of amides is 2. The SMILES string of the molecule is CC(C)c1ccc(CNC=O)cc1.CCCc1ccc(S(=O)(=O)N2CCN(C(C)=O)CC2)s1. The fraction of sp³-hybridized carbons (Fsp3) is 0.500. The van der Waals surface area contributed by atoms with Gasteiger partial charge in [-0.15, -0.1) is 11.3 Å². The van der Waals surface area contributed by atoms with Crippen molar-refractivity contribution in [3.05, 3.63) is 52.4 Å². The Morgan fingerprint density at radius 3 is 2.24 bits per heavy atom. The largest absolute Gasteiger partial charge is 0.355 e. The van der Waals surface area contributed by atoms with Crippen LogP contribution in [0, 0.1) is 0 Å². The molecule has 33 heavy (non-hydrogen) atoms. The van der Waals surface area contributed by atoms with Gasteiger partial charge in [-0.2, -0.15) is 4.31 Å². The van der Waals surface area contributed by atoms with E-state index in [9.17, 15) is 18.0 Å². The third-order valence-electron chi connectivity index (χ3n) is 5.45. The zero-order chi connectivity index (χ0) is 24.4. The number of piperazine rings is 1. The first-order chi connectivity index (χ1) is 15.7. The highest BCUT2D eigenvalue weighted by Crippen LogP contribution is 2.26. The summed E-state index contributed by atoms with van der Waals surface area (Å²) in [5, 5.41) is 2.63. The van der Waals surface area contributed by atoms with Gasteiger partial charge < -0.3 is 10.2 Å².